The molecule has 0 aliphatic heterocycles. The number of hydrogen-bond acceptors (Lipinski definition) is 3. The number of nitrogens with zero attached hydrogens (tertiary/aromatic N) is 2. The van der Waals surface area contributed by atoms with E-state index in [2.05, 4.69) is 60.6 Å². The summed E-state index contributed by atoms with van der Waals surface area (Å²) in [6.45, 7) is 12.3. The average molecular weight is 282 g/mol. The van der Waals surface area contributed by atoms with Crippen molar-refractivity contribution in [2.75, 3.05) is 6.54 Å². The lowest BCUT2D eigenvalue weighted by Gasteiger charge is -2.20. The number of thiazole rings is 1. The molecular formula is C14H26N4S. The number of aryl methyl sites for hydroxylation is 1. The van der Waals surface area contributed by atoms with E-state index >= 15 is 0 Å². The van der Waals surface area contributed by atoms with Gasteiger partial charge in [0.25, 0.3) is 0 Å². The summed E-state index contributed by atoms with van der Waals surface area (Å²) in [7, 11) is 0. The van der Waals surface area contributed by atoms with Crippen molar-refractivity contribution in [2.45, 2.75) is 53.6 Å². The number of guanidine groups is 1. The molecule has 1 aromatic rings. The topological polar surface area (TPSA) is 49.3 Å². The smallest absolute Gasteiger partial charge is 0.191 e. The van der Waals surface area contributed by atoms with E-state index in [1.54, 1.807) is 11.3 Å². The van der Waals surface area contributed by atoms with E-state index in [1.807, 2.05) is 0 Å². The van der Waals surface area contributed by atoms with Gasteiger partial charge < -0.3 is 10.6 Å². The van der Waals surface area contributed by atoms with Crippen molar-refractivity contribution in [3.05, 3.63) is 16.1 Å². The molecule has 0 aliphatic carbocycles. The lowest BCUT2D eigenvalue weighted by molar-refractivity contribution is 0.481. The van der Waals surface area contributed by atoms with Crippen molar-refractivity contribution < 1.29 is 0 Å². The van der Waals surface area contributed by atoms with E-state index in [1.165, 1.54) is 5.01 Å². The van der Waals surface area contributed by atoms with Gasteiger partial charge >= 0.3 is 0 Å². The highest BCUT2D eigenvalue weighted by Crippen LogP contribution is 2.10. The Labute approximate surface area is 120 Å². The van der Waals surface area contributed by atoms with Crippen molar-refractivity contribution in [2.24, 2.45) is 10.9 Å². The van der Waals surface area contributed by atoms with Crippen molar-refractivity contribution in [3.8, 4) is 0 Å². The first-order chi connectivity index (χ1) is 9.06. The van der Waals surface area contributed by atoms with Gasteiger partial charge in [0, 0.05) is 18.0 Å². The highest BCUT2D eigenvalue weighted by molar-refractivity contribution is 7.09. The minimum Gasteiger partial charge on any atom is -0.357 e. The molecule has 1 heterocycles. The number of aliphatic imine (C=N–C) groups is 1. The molecule has 0 saturated carbocycles. The number of nitrogens with one attached hydrogen (secondary N) is 2. The Hall–Kier alpha value is -1.10. The molecule has 0 aliphatic rings. The fourth-order valence-corrected chi connectivity index (χ4v) is 2.18. The molecule has 1 atom stereocenters. The van der Waals surface area contributed by atoms with Crippen LogP contribution in [0.15, 0.2) is 10.4 Å². The van der Waals surface area contributed by atoms with E-state index in [-0.39, 0.29) is 0 Å². The number of hydrogen-bond donors (Lipinski definition) is 2. The Morgan fingerprint density at radius 1 is 1.37 bits per heavy atom. The molecule has 0 spiro atoms. The van der Waals surface area contributed by atoms with Crippen LogP contribution in [0.5, 0.6) is 0 Å². The van der Waals surface area contributed by atoms with Crippen LogP contribution in [-0.4, -0.2) is 23.5 Å². The molecule has 0 aromatic carbocycles. The monoisotopic (exact) mass is 282 g/mol. The Morgan fingerprint density at radius 2 is 2.11 bits per heavy atom. The van der Waals surface area contributed by atoms with Gasteiger partial charge in [0.15, 0.2) is 5.96 Å². The van der Waals surface area contributed by atoms with Crippen LogP contribution in [0.4, 0.5) is 0 Å². The summed E-state index contributed by atoms with van der Waals surface area (Å²) >= 11 is 1.71. The third kappa shape index (κ3) is 5.59. The molecule has 1 aromatic heterocycles. The third-order valence-electron chi connectivity index (χ3n) is 3.01. The van der Waals surface area contributed by atoms with Gasteiger partial charge in [0.2, 0.25) is 0 Å². The highest BCUT2D eigenvalue weighted by atomic mass is 32.1. The predicted octanol–water partition coefficient (Wildman–Crippen LogP) is 2.81. The van der Waals surface area contributed by atoms with Crippen LogP contribution in [0.1, 0.15) is 45.3 Å². The van der Waals surface area contributed by atoms with Crippen molar-refractivity contribution in [3.63, 3.8) is 0 Å². The minimum atomic E-state index is 0.402. The maximum atomic E-state index is 4.59. The van der Waals surface area contributed by atoms with Gasteiger partial charge in [0.1, 0.15) is 0 Å². The molecule has 1 rings (SSSR count). The van der Waals surface area contributed by atoms with Crippen LogP contribution in [0.2, 0.25) is 0 Å². The zero-order chi connectivity index (χ0) is 14.3. The van der Waals surface area contributed by atoms with Crippen LogP contribution in [0.25, 0.3) is 0 Å². The first-order valence-electron chi connectivity index (χ1n) is 7.04. The summed E-state index contributed by atoms with van der Waals surface area (Å²) < 4.78 is 0. The van der Waals surface area contributed by atoms with Crippen LogP contribution in [0.3, 0.4) is 0 Å². The normalized spacial score (nSPS) is 13.7. The molecule has 0 saturated heterocycles. The van der Waals surface area contributed by atoms with Crippen LogP contribution in [0, 0.1) is 5.92 Å². The first kappa shape index (κ1) is 16.0. The quantitative estimate of drug-likeness (QED) is 0.623. The van der Waals surface area contributed by atoms with E-state index in [4.69, 9.17) is 0 Å². The molecule has 2 N–H and O–H groups in total. The molecule has 108 valence electrons. The molecule has 4 nitrogen and oxygen atoms in total. The number of aromatic nitrogens is 1. The van der Waals surface area contributed by atoms with Gasteiger partial charge in [-0.1, -0.05) is 20.8 Å². The molecule has 19 heavy (non-hydrogen) atoms. The van der Waals surface area contributed by atoms with Crippen LogP contribution >= 0.6 is 11.3 Å². The summed E-state index contributed by atoms with van der Waals surface area (Å²) in [5.74, 6) is 1.45. The van der Waals surface area contributed by atoms with Crippen molar-refractivity contribution >= 4 is 17.3 Å². The zero-order valence-corrected chi connectivity index (χ0v) is 13.5. The van der Waals surface area contributed by atoms with Crippen molar-refractivity contribution in [1.82, 2.24) is 15.6 Å². The summed E-state index contributed by atoms with van der Waals surface area (Å²) in [5.41, 5.74) is 1.05. The van der Waals surface area contributed by atoms with Crippen LogP contribution in [-0.2, 0) is 13.0 Å². The number of rotatable bonds is 6. The maximum Gasteiger partial charge on any atom is 0.191 e. The van der Waals surface area contributed by atoms with Gasteiger partial charge in [0.05, 0.1) is 17.2 Å². The molecule has 5 heteroatoms. The van der Waals surface area contributed by atoms with E-state index < -0.39 is 0 Å². The Bertz CT molecular complexity index is 398. The second-order valence-electron chi connectivity index (χ2n) is 4.96. The lowest BCUT2D eigenvalue weighted by Crippen LogP contribution is -2.44. The highest BCUT2D eigenvalue weighted by Gasteiger charge is 2.09. The van der Waals surface area contributed by atoms with Gasteiger partial charge in [-0.2, -0.15) is 0 Å². The molecule has 0 bridgehead atoms. The fourth-order valence-electron chi connectivity index (χ4n) is 1.45. The summed E-state index contributed by atoms with van der Waals surface area (Å²) in [6.07, 6.45) is 0.997. The van der Waals surface area contributed by atoms with Crippen LogP contribution < -0.4 is 10.6 Å². The van der Waals surface area contributed by atoms with Gasteiger partial charge in [-0.3, -0.25) is 0 Å². The zero-order valence-electron chi connectivity index (χ0n) is 12.7. The third-order valence-corrected chi connectivity index (χ3v) is 4.05. The second kappa shape index (κ2) is 8.15. The Morgan fingerprint density at radius 3 is 2.63 bits per heavy atom. The Kier molecular flexibility index (Phi) is 6.84. The van der Waals surface area contributed by atoms with Gasteiger partial charge in [-0.05, 0) is 26.2 Å². The predicted molar refractivity (Wildman–Crippen MR) is 83.7 cm³/mol. The minimum absolute atomic E-state index is 0.402. The fraction of sp³-hybridized carbons (Fsp3) is 0.714. The molecule has 0 amide bonds. The van der Waals surface area contributed by atoms with Gasteiger partial charge in [-0.15, -0.1) is 11.3 Å². The van der Waals surface area contributed by atoms with E-state index in [0.29, 0.717) is 18.5 Å². The summed E-state index contributed by atoms with van der Waals surface area (Å²) in [5, 5.41) is 9.97. The van der Waals surface area contributed by atoms with E-state index in [9.17, 15) is 0 Å². The molecular weight excluding hydrogens is 256 g/mol. The molecule has 0 radical (unpaired) electrons. The SMILES string of the molecule is CCNC(=NCc1csc(CC)n1)NC(C)C(C)C. The summed E-state index contributed by atoms with van der Waals surface area (Å²) in [4.78, 5) is 9.12. The first-order valence-corrected chi connectivity index (χ1v) is 7.92. The summed E-state index contributed by atoms with van der Waals surface area (Å²) in [6, 6.07) is 0.402. The largest absolute Gasteiger partial charge is 0.357 e. The maximum absolute atomic E-state index is 4.59. The molecule has 1 unspecified atom stereocenters. The lowest BCUT2D eigenvalue weighted by atomic mass is 10.1. The molecule has 0 fully saturated rings. The standard InChI is InChI=1S/C14H26N4S/c1-6-13-18-12(9-19-13)8-16-14(15-7-2)17-11(5)10(3)4/h9-11H,6-8H2,1-5H3,(H2,15,16,17). The van der Waals surface area contributed by atoms with Crippen molar-refractivity contribution in [1.29, 1.82) is 0 Å². The van der Waals surface area contributed by atoms with E-state index in [0.717, 1.165) is 24.6 Å². The average Bonchev–Trinajstić information content (AvgIpc) is 2.84. The van der Waals surface area contributed by atoms with Gasteiger partial charge in [-0.25, -0.2) is 9.98 Å². The Balaban J connectivity index is 2.61. The second-order valence-corrected chi connectivity index (χ2v) is 5.90.